The van der Waals surface area contributed by atoms with Crippen LogP contribution < -0.4 is 0 Å². The highest BCUT2D eigenvalue weighted by molar-refractivity contribution is 5.95. The number of pyridine rings is 1. The molecular weight excluding hydrogens is 318 g/mol. The minimum atomic E-state index is -0.0842. The van der Waals surface area contributed by atoms with Gasteiger partial charge in [-0.15, -0.1) is 0 Å². The molecule has 25 heavy (non-hydrogen) atoms. The van der Waals surface area contributed by atoms with Crippen molar-refractivity contribution < 1.29 is 14.0 Å². The van der Waals surface area contributed by atoms with Gasteiger partial charge in [0.25, 0.3) is 5.91 Å². The van der Waals surface area contributed by atoms with Gasteiger partial charge in [-0.1, -0.05) is 0 Å². The smallest absolute Gasteiger partial charge is 0.289 e. The van der Waals surface area contributed by atoms with E-state index in [0.29, 0.717) is 30.9 Å². The molecule has 2 amide bonds. The van der Waals surface area contributed by atoms with Crippen LogP contribution in [0.25, 0.3) is 11.1 Å². The van der Waals surface area contributed by atoms with E-state index in [1.807, 2.05) is 28.9 Å². The number of carbonyl (C=O) groups is 2. The Kier molecular flexibility index (Phi) is 4.19. The van der Waals surface area contributed by atoms with Crippen LogP contribution in [0.1, 0.15) is 48.4 Å². The van der Waals surface area contributed by atoms with E-state index in [1.54, 1.807) is 6.07 Å². The van der Waals surface area contributed by atoms with Gasteiger partial charge in [0.05, 0.1) is 0 Å². The van der Waals surface area contributed by atoms with Gasteiger partial charge in [-0.05, 0) is 44.7 Å². The zero-order chi connectivity index (χ0) is 17.4. The normalized spacial score (nSPS) is 19.6. The Balaban J connectivity index is 1.42. The Hall–Kier alpha value is -2.37. The number of hydrogen-bond acceptors (Lipinski definition) is 4. The van der Waals surface area contributed by atoms with Gasteiger partial charge in [0.1, 0.15) is 5.52 Å². The molecule has 2 aromatic rings. The largest absolute Gasteiger partial charge is 0.449 e. The molecule has 132 valence electrons. The average molecular weight is 341 g/mol. The van der Waals surface area contributed by atoms with E-state index in [4.69, 9.17) is 4.42 Å². The first-order valence-corrected chi connectivity index (χ1v) is 9.08. The molecular formula is C19H23N3O3. The van der Waals surface area contributed by atoms with E-state index in [9.17, 15) is 9.59 Å². The Morgan fingerprint density at radius 1 is 1.20 bits per heavy atom. The van der Waals surface area contributed by atoms with Crippen molar-refractivity contribution in [1.82, 2.24) is 14.8 Å². The molecule has 2 fully saturated rings. The van der Waals surface area contributed by atoms with Gasteiger partial charge in [0.2, 0.25) is 5.91 Å². The summed E-state index contributed by atoms with van der Waals surface area (Å²) in [7, 11) is 0. The van der Waals surface area contributed by atoms with Gasteiger partial charge in [0, 0.05) is 43.9 Å². The number of hydrogen-bond donors (Lipinski definition) is 0. The molecule has 0 saturated carbocycles. The number of fused-ring (bicyclic) bond motifs is 1. The maximum absolute atomic E-state index is 12.7. The molecule has 0 unspecified atom stereocenters. The van der Waals surface area contributed by atoms with Gasteiger partial charge in [-0.2, -0.15) is 0 Å². The molecule has 0 aliphatic carbocycles. The van der Waals surface area contributed by atoms with Crippen molar-refractivity contribution >= 4 is 22.9 Å². The van der Waals surface area contributed by atoms with Gasteiger partial charge in [-0.3, -0.25) is 9.59 Å². The highest BCUT2D eigenvalue weighted by Gasteiger charge is 2.31. The number of carbonyl (C=O) groups excluding carboxylic acids is 2. The minimum absolute atomic E-state index is 0.0842. The van der Waals surface area contributed by atoms with Crippen molar-refractivity contribution in [2.75, 3.05) is 19.6 Å². The fraction of sp³-hybridized carbons (Fsp3) is 0.526. The first-order valence-electron chi connectivity index (χ1n) is 9.08. The Morgan fingerprint density at radius 3 is 2.76 bits per heavy atom. The van der Waals surface area contributed by atoms with Crippen LogP contribution in [0, 0.1) is 6.92 Å². The number of nitrogens with zero attached hydrogens (tertiary/aromatic N) is 3. The van der Waals surface area contributed by atoms with E-state index in [1.165, 1.54) is 0 Å². The summed E-state index contributed by atoms with van der Waals surface area (Å²) in [6.45, 7) is 4.11. The van der Waals surface area contributed by atoms with Gasteiger partial charge < -0.3 is 14.2 Å². The highest BCUT2D eigenvalue weighted by atomic mass is 16.3. The van der Waals surface area contributed by atoms with Crippen LogP contribution in [0.4, 0.5) is 0 Å². The maximum atomic E-state index is 12.7. The summed E-state index contributed by atoms with van der Waals surface area (Å²) in [6.07, 6.45) is 4.46. The fourth-order valence-corrected chi connectivity index (χ4v) is 3.88. The van der Waals surface area contributed by atoms with E-state index in [2.05, 4.69) is 4.98 Å². The van der Waals surface area contributed by atoms with Crippen molar-refractivity contribution in [2.45, 2.75) is 45.1 Å². The number of rotatable bonds is 2. The highest BCUT2D eigenvalue weighted by Crippen LogP contribution is 2.24. The molecule has 0 bridgehead atoms. The second-order valence-electron chi connectivity index (χ2n) is 7.01. The molecule has 0 N–H and O–H groups in total. The Labute approximate surface area is 146 Å². The summed E-state index contributed by atoms with van der Waals surface area (Å²) in [5.74, 6) is 0.537. The summed E-state index contributed by atoms with van der Waals surface area (Å²) in [4.78, 5) is 33.1. The van der Waals surface area contributed by atoms with Crippen molar-refractivity contribution in [3.05, 3.63) is 29.7 Å². The number of furan rings is 1. The zero-order valence-corrected chi connectivity index (χ0v) is 14.5. The monoisotopic (exact) mass is 341 g/mol. The molecule has 6 nitrogen and oxygen atoms in total. The van der Waals surface area contributed by atoms with Crippen LogP contribution in [0.5, 0.6) is 0 Å². The first kappa shape index (κ1) is 16.1. The summed E-state index contributed by atoms with van der Waals surface area (Å²) in [6, 6.07) is 5.73. The number of likely N-dealkylation sites (tertiary alicyclic amines) is 2. The van der Waals surface area contributed by atoms with Crippen molar-refractivity contribution in [2.24, 2.45) is 0 Å². The van der Waals surface area contributed by atoms with Crippen molar-refractivity contribution in [3.63, 3.8) is 0 Å². The summed E-state index contributed by atoms with van der Waals surface area (Å²) >= 11 is 0. The molecule has 6 heteroatoms. The fourth-order valence-electron chi connectivity index (χ4n) is 3.88. The van der Waals surface area contributed by atoms with E-state index in [0.717, 1.165) is 43.4 Å². The quantitative estimate of drug-likeness (QED) is 0.842. The second kappa shape index (κ2) is 6.50. The third-order valence-corrected chi connectivity index (χ3v) is 5.28. The van der Waals surface area contributed by atoms with Gasteiger partial charge >= 0.3 is 0 Å². The van der Waals surface area contributed by atoms with Crippen LogP contribution in [0.2, 0.25) is 0 Å². The lowest BCUT2D eigenvalue weighted by atomic mass is 9.99. The maximum Gasteiger partial charge on any atom is 0.289 e. The van der Waals surface area contributed by atoms with Crippen LogP contribution in [0.15, 0.2) is 22.6 Å². The molecule has 0 atom stereocenters. The van der Waals surface area contributed by atoms with Gasteiger partial charge in [0.15, 0.2) is 11.3 Å². The minimum Gasteiger partial charge on any atom is -0.449 e. The topological polar surface area (TPSA) is 66.7 Å². The predicted octanol–water partition coefficient (Wildman–Crippen LogP) is 2.75. The lowest BCUT2D eigenvalue weighted by Crippen LogP contribution is -2.50. The standard InChI is InChI=1S/C19H23N3O3/c1-13-5-6-16-15(20-13)12-17(25-16)19(24)21-10-7-14(8-11-21)22-9-3-2-4-18(22)23/h5-6,12,14H,2-4,7-11H2,1H3. The number of aromatic nitrogens is 1. The molecule has 2 aliphatic heterocycles. The molecule has 2 aliphatic rings. The molecule has 0 spiro atoms. The molecule has 0 radical (unpaired) electrons. The summed E-state index contributed by atoms with van der Waals surface area (Å²) in [5, 5.41) is 0. The van der Waals surface area contributed by atoms with Crippen LogP contribution >= 0.6 is 0 Å². The van der Waals surface area contributed by atoms with Crippen LogP contribution in [-0.2, 0) is 4.79 Å². The number of piperidine rings is 2. The average Bonchev–Trinajstić information content (AvgIpc) is 3.05. The molecule has 4 heterocycles. The van der Waals surface area contributed by atoms with E-state index in [-0.39, 0.29) is 17.9 Å². The van der Waals surface area contributed by atoms with E-state index >= 15 is 0 Å². The molecule has 0 aromatic carbocycles. The third kappa shape index (κ3) is 3.13. The lowest BCUT2D eigenvalue weighted by molar-refractivity contribution is -0.136. The number of aryl methyl sites for hydroxylation is 1. The third-order valence-electron chi connectivity index (χ3n) is 5.28. The SMILES string of the molecule is Cc1ccc2oc(C(=O)N3CCC(N4CCCCC4=O)CC3)cc2n1. The van der Waals surface area contributed by atoms with Crippen molar-refractivity contribution in [1.29, 1.82) is 0 Å². The van der Waals surface area contributed by atoms with Gasteiger partial charge in [-0.25, -0.2) is 4.98 Å². The molecule has 4 rings (SSSR count). The predicted molar refractivity (Wildman–Crippen MR) is 93.2 cm³/mol. The zero-order valence-electron chi connectivity index (χ0n) is 14.5. The second-order valence-corrected chi connectivity index (χ2v) is 7.01. The summed E-state index contributed by atoms with van der Waals surface area (Å²) in [5.41, 5.74) is 2.26. The Bertz CT molecular complexity index is 805. The first-order chi connectivity index (χ1) is 12.1. The molecule has 2 saturated heterocycles. The lowest BCUT2D eigenvalue weighted by Gasteiger charge is -2.40. The molecule has 2 aromatic heterocycles. The summed E-state index contributed by atoms with van der Waals surface area (Å²) < 4.78 is 5.68. The van der Waals surface area contributed by atoms with Crippen LogP contribution in [0.3, 0.4) is 0 Å². The number of amides is 2. The van der Waals surface area contributed by atoms with Crippen LogP contribution in [-0.4, -0.2) is 52.3 Å². The van der Waals surface area contributed by atoms with Crippen molar-refractivity contribution in [3.8, 4) is 0 Å². The Morgan fingerprint density at radius 2 is 2.00 bits per heavy atom. The van der Waals surface area contributed by atoms with E-state index < -0.39 is 0 Å².